The predicted octanol–water partition coefficient (Wildman–Crippen LogP) is 3.67. The second-order valence-corrected chi connectivity index (χ2v) is 9.22. The first-order valence-electron chi connectivity index (χ1n) is 11.7. The Morgan fingerprint density at radius 1 is 1.18 bits per heavy atom. The van der Waals surface area contributed by atoms with Gasteiger partial charge in [0.05, 0.1) is 19.9 Å². The summed E-state index contributed by atoms with van der Waals surface area (Å²) < 4.78 is 16.1. The van der Waals surface area contributed by atoms with Crippen LogP contribution in [0.3, 0.4) is 0 Å². The third kappa shape index (κ3) is 5.24. The Morgan fingerprint density at radius 2 is 1.94 bits per heavy atom. The fraction of sp³-hybridized carbons (Fsp3) is 0.520. The van der Waals surface area contributed by atoms with Crippen LogP contribution < -0.4 is 19.7 Å². The number of piperidine rings is 1. The van der Waals surface area contributed by atoms with Crippen molar-refractivity contribution in [2.45, 2.75) is 46.6 Å². The number of carbonyl (C=O) groups excluding carboxylic acids is 1. The fourth-order valence-corrected chi connectivity index (χ4v) is 4.72. The highest BCUT2D eigenvalue weighted by Crippen LogP contribution is 2.32. The molecule has 1 amide bonds. The molecule has 0 bridgehead atoms. The molecular formula is C25H33N5O4. The monoisotopic (exact) mass is 467 g/mol. The van der Waals surface area contributed by atoms with Crippen LogP contribution >= 0.6 is 0 Å². The lowest BCUT2D eigenvalue weighted by atomic mass is 9.92. The van der Waals surface area contributed by atoms with Gasteiger partial charge in [-0.25, -0.2) is 4.98 Å². The quantitative estimate of drug-likeness (QED) is 0.535. The van der Waals surface area contributed by atoms with E-state index in [1.807, 2.05) is 25.1 Å². The van der Waals surface area contributed by atoms with Crippen molar-refractivity contribution < 1.29 is 18.8 Å². The summed E-state index contributed by atoms with van der Waals surface area (Å²) in [5.74, 6) is 3.92. The van der Waals surface area contributed by atoms with E-state index in [-0.39, 0.29) is 12.3 Å². The Labute approximate surface area is 199 Å². The first kappa shape index (κ1) is 23.8. The number of ether oxygens (including phenoxy) is 2. The summed E-state index contributed by atoms with van der Waals surface area (Å²) in [4.78, 5) is 24.3. The summed E-state index contributed by atoms with van der Waals surface area (Å²) in [6, 6.07) is 5.51. The maximum absolute atomic E-state index is 12.6. The molecule has 0 radical (unpaired) electrons. The molecule has 2 atom stereocenters. The number of aryl methyl sites for hydroxylation is 2. The molecule has 9 heteroatoms. The van der Waals surface area contributed by atoms with Gasteiger partial charge >= 0.3 is 0 Å². The maximum atomic E-state index is 12.6. The zero-order chi connectivity index (χ0) is 24.2. The van der Waals surface area contributed by atoms with Crippen LogP contribution in [0.4, 0.5) is 5.82 Å². The predicted molar refractivity (Wildman–Crippen MR) is 129 cm³/mol. The zero-order valence-corrected chi connectivity index (χ0v) is 20.6. The molecule has 3 aromatic rings. The van der Waals surface area contributed by atoms with E-state index < -0.39 is 0 Å². The highest BCUT2D eigenvalue weighted by Gasteiger charge is 2.27. The van der Waals surface area contributed by atoms with Gasteiger partial charge in [-0.3, -0.25) is 4.79 Å². The van der Waals surface area contributed by atoms with Crippen molar-refractivity contribution >= 4 is 22.8 Å². The molecule has 4 rings (SSSR count). The molecule has 0 unspecified atom stereocenters. The van der Waals surface area contributed by atoms with Crippen molar-refractivity contribution in [1.82, 2.24) is 20.4 Å². The third-order valence-corrected chi connectivity index (χ3v) is 6.24. The van der Waals surface area contributed by atoms with E-state index >= 15 is 0 Å². The van der Waals surface area contributed by atoms with Crippen LogP contribution in [0.2, 0.25) is 0 Å². The minimum absolute atomic E-state index is 0.0934. The molecule has 1 N–H and O–H groups in total. The molecule has 1 fully saturated rings. The first-order valence-corrected chi connectivity index (χ1v) is 11.7. The number of nitrogens with one attached hydrogen (secondary N) is 1. The largest absolute Gasteiger partial charge is 0.497 e. The van der Waals surface area contributed by atoms with Gasteiger partial charge in [-0.2, -0.15) is 4.98 Å². The molecule has 9 nitrogen and oxygen atoms in total. The van der Waals surface area contributed by atoms with Crippen molar-refractivity contribution in [2.75, 3.05) is 32.2 Å². The van der Waals surface area contributed by atoms with Gasteiger partial charge in [-0.15, -0.1) is 0 Å². The van der Waals surface area contributed by atoms with E-state index in [1.54, 1.807) is 14.2 Å². The first-order chi connectivity index (χ1) is 16.4. The van der Waals surface area contributed by atoms with Crippen molar-refractivity contribution in [1.29, 1.82) is 0 Å². The van der Waals surface area contributed by atoms with Gasteiger partial charge < -0.3 is 24.2 Å². The summed E-state index contributed by atoms with van der Waals surface area (Å²) in [5, 5.41) is 7.92. The molecular weight excluding hydrogens is 434 g/mol. The molecule has 0 aliphatic carbocycles. The third-order valence-electron chi connectivity index (χ3n) is 6.24. The van der Waals surface area contributed by atoms with E-state index in [0.717, 1.165) is 35.6 Å². The Kier molecular flexibility index (Phi) is 7.19. The molecule has 1 aliphatic heterocycles. The van der Waals surface area contributed by atoms with Gasteiger partial charge in [0.25, 0.3) is 5.71 Å². The number of fused-ring (bicyclic) bond motifs is 1. The lowest BCUT2D eigenvalue weighted by molar-refractivity contribution is -0.121. The second kappa shape index (κ2) is 10.3. The molecule has 1 aromatic carbocycles. The number of carbonyl (C=O) groups is 1. The van der Waals surface area contributed by atoms with Gasteiger partial charge in [0.15, 0.2) is 0 Å². The number of anilines is 1. The van der Waals surface area contributed by atoms with Gasteiger partial charge in [-0.05, 0) is 43.4 Å². The summed E-state index contributed by atoms with van der Waals surface area (Å²) in [6.45, 7) is 8.66. The van der Waals surface area contributed by atoms with Crippen LogP contribution in [0.25, 0.3) is 11.1 Å². The maximum Gasteiger partial charge on any atom is 0.263 e. The van der Waals surface area contributed by atoms with Crippen LogP contribution in [-0.4, -0.2) is 48.3 Å². The number of aromatic nitrogens is 3. The van der Waals surface area contributed by atoms with Crippen LogP contribution in [0.15, 0.2) is 22.7 Å². The summed E-state index contributed by atoms with van der Waals surface area (Å²) in [7, 11) is 3.21. The van der Waals surface area contributed by atoms with Gasteiger partial charge in [0.2, 0.25) is 5.91 Å². The van der Waals surface area contributed by atoms with E-state index in [2.05, 4.69) is 34.2 Å². The van der Waals surface area contributed by atoms with Crippen LogP contribution in [0.5, 0.6) is 11.5 Å². The van der Waals surface area contributed by atoms with Gasteiger partial charge in [0, 0.05) is 38.0 Å². The Balaban J connectivity index is 1.46. The van der Waals surface area contributed by atoms with Crippen LogP contribution in [0.1, 0.15) is 43.8 Å². The zero-order valence-electron chi connectivity index (χ0n) is 20.6. The minimum Gasteiger partial charge on any atom is -0.497 e. The van der Waals surface area contributed by atoms with E-state index in [9.17, 15) is 4.79 Å². The number of amides is 1. The van der Waals surface area contributed by atoms with E-state index in [0.29, 0.717) is 47.8 Å². The molecule has 34 heavy (non-hydrogen) atoms. The minimum atomic E-state index is -0.0934. The smallest absolute Gasteiger partial charge is 0.263 e. The molecule has 1 saturated heterocycles. The molecule has 0 spiro atoms. The lowest BCUT2D eigenvalue weighted by Gasteiger charge is -2.36. The van der Waals surface area contributed by atoms with Crippen molar-refractivity contribution in [3.63, 3.8) is 0 Å². The molecule has 182 valence electrons. The number of rotatable bonds is 8. The number of hydrogen-bond acceptors (Lipinski definition) is 8. The average Bonchev–Trinajstić information content (AvgIpc) is 3.20. The highest BCUT2D eigenvalue weighted by atomic mass is 16.5. The summed E-state index contributed by atoms with van der Waals surface area (Å²) in [6.07, 6.45) is 1.87. The Morgan fingerprint density at radius 3 is 2.65 bits per heavy atom. The Bertz CT molecular complexity index is 1150. The van der Waals surface area contributed by atoms with E-state index in [4.69, 9.17) is 19.0 Å². The van der Waals surface area contributed by atoms with Crippen molar-refractivity contribution in [3.8, 4) is 11.5 Å². The Hall–Kier alpha value is -3.36. The number of nitrogens with zero attached hydrogens (tertiary/aromatic N) is 4. The topological polar surface area (TPSA) is 103 Å². The fourth-order valence-electron chi connectivity index (χ4n) is 4.72. The van der Waals surface area contributed by atoms with E-state index in [1.165, 1.54) is 6.42 Å². The van der Waals surface area contributed by atoms with Crippen molar-refractivity contribution in [3.05, 3.63) is 35.3 Å². The standard InChI is InChI=1S/C25H33N5O4/c1-15-10-16(2)14-30(13-15)24-23-17(3)29-34-25(23)28-21(27-24)8-9-22(31)26-12-18-11-19(32-4)6-7-20(18)33-5/h6-7,11,15-16H,8-10,12-14H2,1-5H3,(H,26,31)/t15-,16-/m0/s1. The van der Waals surface area contributed by atoms with Gasteiger partial charge in [-0.1, -0.05) is 19.0 Å². The highest BCUT2D eigenvalue weighted by molar-refractivity contribution is 5.88. The van der Waals surface area contributed by atoms with Crippen LogP contribution in [0, 0.1) is 18.8 Å². The summed E-state index contributed by atoms with van der Waals surface area (Å²) >= 11 is 0. The second-order valence-electron chi connectivity index (χ2n) is 9.22. The SMILES string of the molecule is COc1ccc(OC)c(CNC(=O)CCc2nc(N3C[C@@H](C)C[C@H](C)C3)c3c(C)noc3n2)c1. The number of hydrogen-bond donors (Lipinski definition) is 1. The lowest BCUT2D eigenvalue weighted by Crippen LogP contribution is -2.39. The van der Waals surface area contributed by atoms with Crippen LogP contribution in [-0.2, 0) is 17.8 Å². The number of benzene rings is 1. The molecule has 0 saturated carbocycles. The molecule has 3 heterocycles. The number of methoxy groups -OCH3 is 2. The normalized spacial score (nSPS) is 18.2. The molecule has 2 aromatic heterocycles. The molecule has 1 aliphatic rings. The average molecular weight is 468 g/mol. The van der Waals surface area contributed by atoms with Crippen molar-refractivity contribution in [2.24, 2.45) is 11.8 Å². The summed E-state index contributed by atoms with van der Waals surface area (Å²) in [5.41, 5.74) is 2.11. The van der Waals surface area contributed by atoms with Gasteiger partial charge in [0.1, 0.15) is 28.5 Å².